The molecule has 1 aromatic heterocycles. The number of halogens is 2. The van der Waals surface area contributed by atoms with Gasteiger partial charge in [0.15, 0.2) is 0 Å². The second kappa shape index (κ2) is 9.53. The Bertz CT molecular complexity index is 636. The highest BCUT2D eigenvalue weighted by molar-refractivity contribution is 7.84. The molecule has 0 fully saturated rings. The lowest BCUT2D eigenvalue weighted by molar-refractivity contribution is 0.322. The Hall–Kier alpha value is -1.47. The zero-order valence-corrected chi connectivity index (χ0v) is 15.1. The minimum Gasteiger partial charge on any atom is -0.411 e. The molecule has 5 nitrogen and oxygen atoms in total. The van der Waals surface area contributed by atoms with Crippen LogP contribution in [0.4, 0.5) is 4.39 Å². The largest absolute Gasteiger partial charge is 0.411 e. The highest BCUT2D eigenvalue weighted by Gasteiger charge is 2.18. The van der Waals surface area contributed by atoms with Crippen molar-refractivity contribution in [1.29, 1.82) is 0 Å². The number of oxime groups is 1. The van der Waals surface area contributed by atoms with E-state index in [0.717, 1.165) is 12.3 Å². The molecular weight excluding hydrogens is 329 g/mol. The molecule has 1 N–H and O–H groups in total. The molecule has 0 aliphatic heterocycles. The van der Waals surface area contributed by atoms with Gasteiger partial charge in [-0.2, -0.15) is 5.10 Å². The van der Waals surface area contributed by atoms with Crippen molar-refractivity contribution in [3.63, 3.8) is 0 Å². The van der Waals surface area contributed by atoms with E-state index in [1.807, 2.05) is 13.8 Å². The van der Waals surface area contributed by atoms with Crippen molar-refractivity contribution in [3.8, 4) is 0 Å². The van der Waals surface area contributed by atoms with Crippen LogP contribution in [-0.2, 0) is 17.8 Å². The van der Waals surface area contributed by atoms with E-state index >= 15 is 0 Å². The van der Waals surface area contributed by atoms with Crippen molar-refractivity contribution < 1.29 is 13.8 Å². The van der Waals surface area contributed by atoms with Crippen LogP contribution in [0.1, 0.15) is 32.0 Å². The van der Waals surface area contributed by atoms with Gasteiger partial charge in [-0.05, 0) is 19.9 Å². The summed E-state index contributed by atoms with van der Waals surface area (Å²) in [4.78, 5) is 0. The Labute approximate surface area is 137 Å². The summed E-state index contributed by atoms with van der Waals surface area (Å²) in [6.45, 7) is 7.28. The van der Waals surface area contributed by atoms with Crippen LogP contribution in [0.15, 0.2) is 27.1 Å². The first kappa shape index (κ1) is 20.5. The van der Waals surface area contributed by atoms with Crippen molar-refractivity contribution in [2.75, 3.05) is 6.26 Å². The lowest BCUT2D eigenvalue weighted by atomic mass is 10.1. The summed E-state index contributed by atoms with van der Waals surface area (Å²) in [5.74, 6) is -0.607. The van der Waals surface area contributed by atoms with Gasteiger partial charge in [-0.3, -0.25) is 8.89 Å². The number of hydrogen-bond acceptors (Lipinski definition) is 4. The van der Waals surface area contributed by atoms with Crippen LogP contribution in [0.2, 0.25) is 0 Å². The van der Waals surface area contributed by atoms with E-state index in [1.54, 1.807) is 20.9 Å². The number of allylic oxidation sites excluding steroid dienone is 4. The van der Waals surface area contributed by atoms with Crippen LogP contribution >= 0.6 is 11.6 Å². The zero-order chi connectivity index (χ0) is 17.4. The van der Waals surface area contributed by atoms with Crippen LogP contribution in [0.25, 0.3) is 5.57 Å². The standard InChI is InChI=1S/C12H15ClFN3O2S.C2H6/c1-7(10(14)5-9(13)6-15-18)11-8(2)12(20(4)19)17(3)16-11;1-2/h5-6,18H,1-4H3;1-2H3/b9-5+,10-7-,15-6+;. The molecule has 0 saturated heterocycles. The Morgan fingerprint density at radius 2 is 2.05 bits per heavy atom. The average Bonchev–Trinajstić information content (AvgIpc) is 2.75. The smallest absolute Gasteiger partial charge is 0.129 e. The quantitative estimate of drug-likeness (QED) is 0.389. The van der Waals surface area contributed by atoms with E-state index in [9.17, 15) is 8.60 Å². The van der Waals surface area contributed by atoms with Gasteiger partial charge in [0.05, 0.1) is 27.7 Å². The minimum absolute atomic E-state index is 0.0581. The Morgan fingerprint density at radius 1 is 1.50 bits per heavy atom. The van der Waals surface area contributed by atoms with Gasteiger partial charge in [0.1, 0.15) is 10.9 Å². The third kappa shape index (κ3) is 5.06. The number of aromatic nitrogens is 2. The highest BCUT2D eigenvalue weighted by Crippen LogP contribution is 2.26. The molecule has 0 amide bonds. The fraction of sp³-hybridized carbons (Fsp3) is 0.429. The highest BCUT2D eigenvalue weighted by atomic mass is 35.5. The maximum Gasteiger partial charge on any atom is 0.129 e. The summed E-state index contributed by atoms with van der Waals surface area (Å²) < 4.78 is 27.1. The molecule has 1 atom stereocenters. The molecule has 22 heavy (non-hydrogen) atoms. The SMILES string of the molecule is CC.C\C(=C(F)/C=C(Cl)\C=N\O)c1nn(C)c(S(C)=O)c1C. The van der Waals surface area contributed by atoms with E-state index in [2.05, 4.69) is 10.3 Å². The van der Waals surface area contributed by atoms with Crippen LogP contribution in [0, 0.1) is 6.92 Å². The Kier molecular flexibility index (Phi) is 8.89. The molecule has 1 aromatic rings. The minimum atomic E-state index is -1.22. The van der Waals surface area contributed by atoms with Gasteiger partial charge in [-0.1, -0.05) is 30.6 Å². The molecule has 124 valence electrons. The molecule has 1 unspecified atom stereocenters. The van der Waals surface area contributed by atoms with Gasteiger partial charge in [0.2, 0.25) is 0 Å². The third-order valence-corrected chi connectivity index (χ3v) is 3.97. The lowest BCUT2D eigenvalue weighted by Crippen LogP contribution is -2.00. The zero-order valence-electron chi connectivity index (χ0n) is 13.5. The van der Waals surface area contributed by atoms with E-state index in [0.29, 0.717) is 16.3 Å². The first-order valence-electron chi connectivity index (χ1n) is 6.58. The lowest BCUT2D eigenvalue weighted by Gasteiger charge is -2.00. The van der Waals surface area contributed by atoms with Crippen LogP contribution in [0.3, 0.4) is 0 Å². The second-order valence-electron chi connectivity index (χ2n) is 4.10. The van der Waals surface area contributed by atoms with Crippen molar-refractivity contribution in [1.82, 2.24) is 9.78 Å². The molecule has 8 heteroatoms. The number of nitrogens with zero attached hydrogens (tertiary/aromatic N) is 3. The summed E-state index contributed by atoms with van der Waals surface area (Å²) in [5, 5.41) is 15.7. The third-order valence-electron chi connectivity index (χ3n) is 2.65. The Balaban J connectivity index is 0.00000211. The molecular formula is C14H21ClFN3O2S. The average molecular weight is 350 g/mol. The van der Waals surface area contributed by atoms with E-state index in [-0.39, 0.29) is 10.6 Å². The van der Waals surface area contributed by atoms with Gasteiger partial charge in [0, 0.05) is 24.4 Å². The number of hydrogen-bond donors (Lipinski definition) is 1. The molecule has 0 aliphatic rings. The Morgan fingerprint density at radius 3 is 2.45 bits per heavy atom. The summed E-state index contributed by atoms with van der Waals surface area (Å²) in [5.41, 5.74) is 1.33. The molecule has 1 heterocycles. The van der Waals surface area contributed by atoms with Crippen LogP contribution < -0.4 is 0 Å². The number of aryl methyl sites for hydroxylation is 1. The van der Waals surface area contributed by atoms with Gasteiger partial charge in [-0.25, -0.2) is 4.39 Å². The molecule has 0 spiro atoms. The molecule has 0 radical (unpaired) electrons. The van der Waals surface area contributed by atoms with Gasteiger partial charge in [0.25, 0.3) is 0 Å². The van der Waals surface area contributed by atoms with Gasteiger partial charge in [-0.15, -0.1) is 0 Å². The van der Waals surface area contributed by atoms with E-state index in [4.69, 9.17) is 16.8 Å². The molecule has 0 bridgehead atoms. The normalized spacial score (nSPS) is 14.5. The fourth-order valence-corrected chi connectivity index (χ4v) is 2.89. The summed E-state index contributed by atoms with van der Waals surface area (Å²) in [6, 6.07) is 0. The van der Waals surface area contributed by atoms with Crippen molar-refractivity contribution in [3.05, 3.63) is 28.2 Å². The van der Waals surface area contributed by atoms with Crippen LogP contribution in [-0.4, -0.2) is 31.7 Å². The van der Waals surface area contributed by atoms with Crippen molar-refractivity contribution in [2.24, 2.45) is 12.2 Å². The van der Waals surface area contributed by atoms with Crippen molar-refractivity contribution >= 4 is 34.2 Å². The monoisotopic (exact) mass is 349 g/mol. The molecule has 0 saturated carbocycles. The van der Waals surface area contributed by atoms with E-state index in [1.165, 1.54) is 10.9 Å². The van der Waals surface area contributed by atoms with E-state index < -0.39 is 16.6 Å². The topological polar surface area (TPSA) is 67.5 Å². The summed E-state index contributed by atoms with van der Waals surface area (Å²) >= 11 is 5.64. The molecule has 0 aromatic carbocycles. The first-order chi connectivity index (χ1) is 10.3. The summed E-state index contributed by atoms with van der Waals surface area (Å²) in [6.07, 6.45) is 3.47. The summed E-state index contributed by atoms with van der Waals surface area (Å²) in [7, 11) is 0.437. The maximum atomic E-state index is 14.0. The van der Waals surface area contributed by atoms with Crippen LogP contribution in [0.5, 0.6) is 0 Å². The fourth-order valence-electron chi connectivity index (χ4n) is 1.81. The first-order valence-corrected chi connectivity index (χ1v) is 8.51. The van der Waals surface area contributed by atoms with Gasteiger partial charge >= 0.3 is 0 Å². The van der Waals surface area contributed by atoms with Crippen molar-refractivity contribution in [2.45, 2.75) is 32.7 Å². The number of rotatable bonds is 4. The maximum absolute atomic E-state index is 14.0. The van der Waals surface area contributed by atoms with Gasteiger partial charge < -0.3 is 5.21 Å². The predicted octanol–water partition coefficient (Wildman–Crippen LogP) is 3.78. The predicted molar refractivity (Wildman–Crippen MR) is 89.5 cm³/mol. The molecule has 0 aliphatic carbocycles. The second-order valence-corrected chi connectivity index (χ2v) is 5.83. The molecule has 1 rings (SSSR count).